The predicted molar refractivity (Wildman–Crippen MR) is 98.0 cm³/mol. The fourth-order valence-electron chi connectivity index (χ4n) is 3.87. The maximum atomic E-state index is 13.3. The van der Waals surface area contributed by atoms with E-state index in [-0.39, 0.29) is 5.82 Å². The molecule has 4 nitrogen and oxygen atoms in total. The van der Waals surface area contributed by atoms with Gasteiger partial charge in [0.25, 0.3) is 0 Å². The largest absolute Gasteiger partial charge is 0.342 e. The third kappa shape index (κ3) is 5.25. The monoisotopic (exact) mass is 347 g/mol. The smallest absolute Gasteiger partial charge is 0.236 e. The highest BCUT2D eigenvalue weighted by atomic mass is 19.1. The molecule has 0 N–H and O–H groups in total. The minimum Gasteiger partial charge on any atom is -0.342 e. The summed E-state index contributed by atoms with van der Waals surface area (Å²) in [5.41, 5.74) is 1.07. The Bertz CT molecular complexity index is 566. The molecule has 25 heavy (non-hydrogen) atoms. The van der Waals surface area contributed by atoms with E-state index in [1.807, 2.05) is 11.0 Å². The van der Waals surface area contributed by atoms with E-state index in [9.17, 15) is 9.18 Å². The van der Waals surface area contributed by atoms with Crippen molar-refractivity contribution in [3.8, 4) is 0 Å². The lowest BCUT2D eigenvalue weighted by molar-refractivity contribution is -0.131. The van der Waals surface area contributed by atoms with Crippen LogP contribution in [0.4, 0.5) is 4.39 Å². The summed E-state index contributed by atoms with van der Waals surface area (Å²) in [5, 5.41) is 0. The summed E-state index contributed by atoms with van der Waals surface area (Å²) >= 11 is 0. The van der Waals surface area contributed by atoms with Gasteiger partial charge in [-0.25, -0.2) is 4.39 Å². The van der Waals surface area contributed by atoms with Crippen LogP contribution in [0.1, 0.15) is 31.7 Å². The standard InChI is InChI=1S/C20H30FN3O/c1-17(7-8-18-5-4-6-19(21)15-18)23-13-11-22(12-14-23)16-20(25)24-9-2-3-10-24/h4-6,15,17H,2-3,7-14,16H2,1H3. The Kier molecular flexibility index (Phi) is 6.43. The summed E-state index contributed by atoms with van der Waals surface area (Å²) in [6.45, 7) is 8.66. The van der Waals surface area contributed by atoms with Crippen molar-refractivity contribution >= 4 is 5.91 Å². The SMILES string of the molecule is CC(CCc1cccc(F)c1)N1CCN(CC(=O)N2CCCC2)CC1. The Hall–Kier alpha value is -1.46. The molecule has 0 saturated carbocycles. The zero-order valence-corrected chi connectivity index (χ0v) is 15.3. The molecule has 1 atom stereocenters. The second kappa shape index (κ2) is 8.77. The maximum Gasteiger partial charge on any atom is 0.236 e. The molecular weight excluding hydrogens is 317 g/mol. The van der Waals surface area contributed by atoms with Gasteiger partial charge in [-0.2, -0.15) is 0 Å². The number of rotatable bonds is 6. The van der Waals surface area contributed by atoms with Crippen LogP contribution in [0, 0.1) is 5.82 Å². The van der Waals surface area contributed by atoms with Crippen molar-refractivity contribution in [2.45, 2.75) is 38.6 Å². The van der Waals surface area contributed by atoms with Gasteiger partial charge in [-0.3, -0.25) is 14.6 Å². The molecule has 0 aromatic heterocycles. The van der Waals surface area contributed by atoms with Crippen LogP contribution in [0.15, 0.2) is 24.3 Å². The molecule has 2 fully saturated rings. The number of amides is 1. The number of carbonyl (C=O) groups is 1. The predicted octanol–water partition coefficient (Wildman–Crippen LogP) is 2.39. The molecule has 138 valence electrons. The van der Waals surface area contributed by atoms with E-state index in [1.165, 1.54) is 6.07 Å². The molecule has 2 saturated heterocycles. The third-order valence-electron chi connectivity index (χ3n) is 5.59. The van der Waals surface area contributed by atoms with Crippen molar-refractivity contribution in [1.29, 1.82) is 0 Å². The van der Waals surface area contributed by atoms with Gasteiger partial charge in [0.05, 0.1) is 6.54 Å². The Morgan fingerprint density at radius 3 is 2.52 bits per heavy atom. The van der Waals surface area contributed by atoms with Crippen LogP contribution in [0.25, 0.3) is 0 Å². The third-order valence-corrected chi connectivity index (χ3v) is 5.59. The van der Waals surface area contributed by atoms with Crippen LogP contribution in [0.2, 0.25) is 0 Å². The second-order valence-electron chi connectivity index (χ2n) is 7.42. The molecule has 0 spiro atoms. The molecule has 3 rings (SSSR count). The molecule has 0 aliphatic carbocycles. The summed E-state index contributed by atoms with van der Waals surface area (Å²) in [6.07, 6.45) is 4.26. The van der Waals surface area contributed by atoms with Crippen LogP contribution in [-0.4, -0.2) is 72.5 Å². The van der Waals surface area contributed by atoms with Crippen molar-refractivity contribution in [3.63, 3.8) is 0 Å². The number of likely N-dealkylation sites (tertiary alicyclic amines) is 1. The number of hydrogen-bond acceptors (Lipinski definition) is 3. The quantitative estimate of drug-likeness (QED) is 0.791. The van der Waals surface area contributed by atoms with E-state index in [0.717, 1.165) is 70.5 Å². The van der Waals surface area contributed by atoms with Crippen LogP contribution >= 0.6 is 0 Å². The van der Waals surface area contributed by atoms with Gasteiger partial charge in [-0.1, -0.05) is 12.1 Å². The average molecular weight is 347 g/mol. The highest BCUT2D eigenvalue weighted by molar-refractivity contribution is 5.78. The molecular formula is C20H30FN3O. The first-order valence-electron chi connectivity index (χ1n) is 9.60. The van der Waals surface area contributed by atoms with Crippen LogP contribution in [0.3, 0.4) is 0 Å². The van der Waals surface area contributed by atoms with Gasteiger partial charge in [0.1, 0.15) is 5.82 Å². The lowest BCUT2D eigenvalue weighted by atomic mass is 10.0. The number of hydrogen-bond donors (Lipinski definition) is 0. The normalized spacial score (nSPS) is 20.8. The number of piperazine rings is 1. The molecule has 1 amide bonds. The number of aryl methyl sites for hydroxylation is 1. The molecule has 0 bridgehead atoms. The summed E-state index contributed by atoms with van der Waals surface area (Å²) in [4.78, 5) is 19.0. The summed E-state index contributed by atoms with van der Waals surface area (Å²) in [7, 11) is 0. The first kappa shape index (κ1) is 18.3. The highest BCUT2D eigenvalue weighted by Crippen LogP contribution is 2.14. The molecule has 2 aliphatic heterocycles. The van der Waals surface area contributed by atoms with E-state index >= 15 is 0 Å². The minimum absolute atomic E-state index is 0.151. The van der Waals surface area contributed by atoms with E-state index in [4.69, 9.17) is 0 Å². The molecule has 0 radical (unpaired) electrons. The molecule has 2 aliphatic rings. The zero-order valence-electron chi connectivity index (χ0n) is 15.3. The van der Waals surface area contributed by atoms with Crippen molar-refractivity contribution < 1.29 is 9.18 Å². The fourth-order valence-corrected chi connectivity index (χ4v) is 3.87. The number of benzene rings is 1. The number of carbonyl (C=O) groups excluding carboxylic acids is 1. The van der Waals surface area contributed by atoms with E-state index in [2.05, 4.69) is 16.7 Å². The van der Waals surface area contributed by atoms with Crippen LogP contribution in [0.5, 0.6) is 0 Å². The zero-order chi connectivity index (χ0) is 17.6. The summed E-state index contributed by atoms with van der Waals surface area (Å²) in [6, 6.07) is 7.40. The Balaban J connectivity index is 1.38. The summed E-state index contributed by atoms with van der Waals surface area (Å²) in [5.74, 6) is 0.145. The van der Waals surface area contributed by atoms with Gasteiger partial charge in [0.2, 0.25) is 5.91 Å². The molecule has 1 aromatic carbocycles. The fraction of sp³-hybridized carbons (Fsp3) is 0.650. The number of halogens is 1. The summed E-state index contributed by atoms with van der Waals surface area (Å²) < 4.78 is 13.3. The van der Waals surface area contributed by atoms with Crippen LogP contribution in [-0.2, 0) is 11.2 Å². The van der Waals surface area contributed by atoms with Crippen molar-refractivity contribution in [1.82, 2.24) is 14.7 Å². The first-order chi connectivity index (χ1) is 12.1. The van der Waals surface area contributed by atoms with Crippen molar-refractivity contribution in [3.05, 3.63) is 35.6 Å². The van der Waals surface area contributed by atoms with E-state index < -0.39 is 0 Å². The lowest BCUT2D eigenvalue weighted by Gasteiger charge is -2.38. The highest BCUT2D eigenvalue weighted by Gasteiger charge is 2.25. The van der Waals surface area contributed by atoms with Gasteiger partial charge in [-0.15, -0.1) is 0 Å². The van der Waals surface area contributed by atoms with E-state index in [1.54, 1.807) is 12.1 Å². The van der Waals surface area contributed by atoms with Gasteiger partial charge in [-0.05, 0) is 50.3 Å². The van der Waals surface area contributed by atoms with Crippen molar-refractivity contribution in [2.75, 3.05) is 45.8 Å². The first-order valence-corrected chi connectivity index (χ1v) is 9.60. The minimum atomic E-state index is -0.151. The van der Waals surface area contributed by atoms with Gasteiger partial charge in [0, 0.05) is 45.3 Å². The Labute approximate surface area is 150 Å². The Morgan fingerprint density at radius 2 is 1.84 bits per heavy atom. The molecule has 5 heteroatoms. The molecule has 2 heterocycles. The topological polar surface area (TPSA) is 26.8 Å². The van der Waals surface area contributed by atoms with Crippen LogP contribution < -0.4 is 0 Å². The van der Waals surface area contributed by atoms with Gasteiger partial charge < -0.3 is 4.90 Å². The van der Waals surface area contributed by atoms with E-state index in [0.29, 0.717) is 18.5 Å². The number of nitrogens with zero attached hydrogens (tertiary/aromatic N) is 3. The average Bonchev–Trinajstić information content (AvgIpc) is 3.15. The van der Waals surface area contributed by atoms with Gasteiger partial charge >= 0.3 is 0 Å². The maximum absolute atomic E-state index is 13.3. The molecule has 1 aromatic rings. The Morgan fingerprint density at radius 1 is 1.12 bits per heavy atom. The second-order valence-corrected chi connectivity index (χ2v) is 7.42. The lowest BCUT2D eigenvalue weighted by Crippen LogP contribution is -2.52. The molecule has 1 unspecified atom stereocenters. The van der Waals surface area contributed by atoms with Gasteiger partial charge in [0.15, 0.2) is 0 Å². The van der Waals surface area contributed by atoms with Crippen molar-refractivity contribution in [2.24, 2.45) is 0 Å².